The highest BCUT2D eigenvalue weighted by atomic mass is 16.1. The number of carbonyl (C=O) groups is 1. The van der Waals surface area contributed by atoms with Crippen LogP contribution in [0.5, 0.6) is 0 Å². The van der Waals surface area contributed by atoms with Crippen molar-refractivity contribution in [2.75, 3.05) is 22.1 Å². The molecular weight excluding hydrogens is 326 g/mol. The van der Waals surface area contributed by atoms with Crippen LogP contribution in [0.25, 0.3) is 0 Å². The number of rotatable bonds is 4. The van der Waals surface area contributed by atoms with E-state index in [1.807, 2.05) is 36.4 Å². The molecule has 0 spiro atoms. The van der Waals surface area contributed by atoms with E-state index in [4.69, 9.17) is 0 Å². The lowest BCUT2D eigenvalue weighted by atomic mass is 10.2. The molecule has 3 aromatic rings. The number of anilines is 5. The van der Waals surface area contributed by atoms with Gasteiger partial charge in [-0.05, 0) is 42.3 Å². The Morgan fingerprint density at radius 1 is 1.08 bits per heavy atom. The van der Waals surface area contributed by atoms with Crippen LogP contribution in [-0.2, 0) is 11.2 Å². The molecule has 2 aromatic carbocycles. The molecule has 26 heavy (non-hydrogen) atoms. The highest BCUT2D eigenvalue weighted by molar-refractivity contribution is 5.89. The van der Waals surface area contributed by atoms with Crippen LogP contribution in [0.2, 0.25) is 0 Å². The van der Waals surface area contributed by atoms with Crippen LogP contribution in [0, 0.1) is 0 Å². The van der Waals surface area contributed by atoms with Crippen LogP contribution in [0.1, 0.15) is 12.5 Å². The molecule has 2 N–H and O–H groups in total. The van der Waals surface area contributed by atoms with E-state index in [0.29, 0.717) is 5.95 Å². The minimum absolute atomic E-state index is 0.104. The molecule has 1 aliphatic heterocycles. The highest BCUT2D eigenvalue weighted by Gasteiger charge is 2.21. The van der Waals surface area contributed by atoms with E-state index in [9.17, 15) is 4.79 Å². The van der Waals surface area contributed by atoms with Crippen molar-refractivity contribution >= 4 is 34.7 Å². The van der Waals surface area contributed by atoms with Crippen molar-refractivity contribution in [2.45, 2.75) is 13.3 Å². The third-order valence-electron chi connectivity index (χ3n) is 4.24. The Morgan fingerprint density at radius 2 is 1.92 bits per heavy atom. The molecule has 1 aliphatic rings. The molecule has 0 radical (unpaired) electrons. The van der Waals surface area contributed by atoms with Gasteiger partial charge in [-0.2, -0.15) is 4.98 Å². The first kappa shape index (κ1) is 16.1. The fraction of sp³-hybridized carbons (Fsp3) is 0.150. The molecule has 2 heterocycles. The van der Waals surface area contributed by atoms with Gasteiger partial charge in [-0.3, -0.25) is 4.79 Å². The minimum Gasteiger partial charge on any atom is -0.326 e. The maximum absolute atomic E-state index is 11.2. The molecule has 0 saturated carbocycles. The van der Waals surface area contributed by atoms with E-state index < -0.39 is 0 Å². The highest BCUT2D eigenvalue weighted by Crippen LogP contribution is 2.33. The number of hydrogen-bond acceptors (Lipinski definition) is 5. The molecule has 0 fully saturated rings. The number of aromatic nitrogens is 2. The Balaban J connectivity index is 1.57. The number of amides is 1. The molecule has 1 aromatic heterocycles. The second-order valence-electron chi connectivity index (χ2n) is 6.16. The number of nitrogens with zero attached hydrogens (tertiary/aromatic N) is 3. The summed E-state index contributed by atoms with van der Waals surface area (Å²) in [6, 6.07) is 17.8. The van der Waals surface area contributed by atoms with Gasteiger partial charge in [-0.15, -0.1) is 0 Å². The van der Waals surface area contributed by atoms with Gasteiger partial charge in [0.15, 0.2) is 0 Å². The van der Waals surface area contributed by atoms with E-state index in [-0.39, 0.29) is 5.91 Å². The predicted octanol–water partition coefficient (Wildman–Crippen LogP) is 3.87. The van der Waals surface area contributed by atoms with Gasteiger partial charge in [-0.25, -0.2) is 4.98 Å². The fourth-order valence-corrected chi connectivity index (χ4v) is 3.14. The normalized spacial score (nSPS) is 12.6. The molecule has 0 saturated heterocycles. The minimum atomic E-state index is -0.104. The summed E-state index contributed by atoms with van der Waals surface area (Å²) in [5.41, 5.74) is 4.08. The van der Waals surface area contributed by atoms with Crippen molar-refractivity contribution in [3.05, 3.63) is 66.4 Å². The molecule has 0 unspecified atom stereocenters. The second-order valence-corrected chi connectivity index (χ2v) is 6.16. The Labute approximate surface area is 151 Å². The summed E-state index contributed by atoms with van der Waals surface area (Å²) in [6.45, 7) is 2.40. The van der Waals surface area contributed by atoms with E-state index in [0.717, 1.165) is 30.2 Å². The third kappa shape index (κ3) is 3.35. The summed E-state index contributed by atoms with van der Waals surface area (Å²) in [5.74, 6) is 1.28. The van der Waals surface area contributed by atoms with E-state index in [1.54, 1.807) is 6.20 Å². The monoisotopic (exact) mass is 345 g/mol. The number of para-hydroxylation sites is 1. The van der Waals surface area contributed by atoms with Gasteiger partial charge in [0.25, 0.3) is 0 Å². The van der Waals surface area contributed by atoms with Crippen molar-refractivity contribution in [1.29, 1.82) is 0 Å². The van der Waals surface area contributed by atoms with Crippen LogP contribution in [-0.4, -0.2) is 22.4 Å². The zero-order chi connectivity index (χ0) is 17.9. The molecule has 0 aliphatic carbocycles. The second kappa shape index (κ2) is 6.84. The number of carbonyl (C=O) groups excluding carboxylic acids is 1. The van der Waals surface area contributed by atoms with Gasteiger partial charge >= 0.3 is 0 Å². The van der Waals surface area contributed by atoms with E-state index >= 15 is 0 Å². The molecule has 6 heteroatoms. The first-order valence-electron chi connectivity index (χ1n) is 8.52. The zero-order valence-electron chi connectivity index (χ0n) is 14.4. The van der Waals surface area contributed by atoms with Crippen molar-refractivity contribution in [3.8, 4) is 0 Å². The SMILES string of the molecule is CC(=O)Nc1cccc(Nc2nccc(N3CCc4ccccc43)n2)c1. The van der Waals surface area contributed by atoms with Crippen molar-refractivity contribution in [1.82, 2.24) is 9.97 Å². The standard InChI is InChI=1S/C20H19N5O/c1-14(26)22-16-6-4-7-17(13-16)23-20-21-11-9-19(24-20)25-12-10-15-5-2-3-8-18(15)25/h2-9,11,13H,10,12H2,1H3,(H,22,26)(H,21,23,24). The number of benzene rings is 2. The maximum atomic E-state index is 11.2. The summed E-state index contributed by atoms with van der Waals surface area (Å²) < 4.78 is 0. The summed E-state index contributed by atoms with van der Waals surface area (Å²) >= 11 is 0. The Morgan fingerprint density at radius 3 is 2.81 bits per heavy atom. The molecule has 0 atom stereocenters. The summed E-state index contributed by atoms with van der Waals surface area (Å²) in [5, 5.41) is 5.98. The number of fused-ring (bicyclic) bond motifs is 1. The van der Waals surface area contributed by atoms with Crippen LogP contribution < -0.4 is 15.5 Å². The average Bonchev–Trinajstić information content (AvgIpc) is 3.06. The van der Waals surface area contributed by atoms with Gasteiger partial charge in [-0.1, -0.05) is 24.3 Å². The molecule has 0 bridgehead atoms. The first-order chi connectivity index (χ1) is 12.7. The van der Waals surface area contributed by atoms with Crippen LogP contribution in [0.3, 0.4) is 0 Å². The summed E-state index contributed by atoms with van der Waals surface area (Å²) in [6.07, 6.45) is 2.77. The molecule has 4 rings (SSSR count). The zero-order valence-corrected chi connectivity index (χ0v) is 14.4. The van der Waals surface area contributed by atoms with Gasteiger partial charge in [0.1, 0.15) is 5.82 Å². The smallest absolute Gasteiger partial charge is 0.229 e. The van der Waals surface area contributed by atoms with Crippen LogP contribution >= 0.6 is 0 Å². The first-order valence-corrected chi connectivity index (χ1v) is 8.52. The van der Waals surface area contributed by atoms with Crippen LogP contribution in [0.4, 0.5) is 28.8 Å². The summed E-state index contributed by atoms with van der Waals surface area (Å²) in [4.78, 5) is 22.4. The van der Waals surface area contributed by atoms with Gasteiger partial charge in [0, 0.05) is 36.7 Å². The lowest BCUT2D eigenvalue weighted by Gasteiger charge is -2.18. The third-order valence-corrected chi connectivity index (χ3v) is 4.24. The Kier molecular flexibility index (Phi) is 4.23. The van der Waals surface area contributed by atoms with Crippen molar-refractivity contribution in [3.63, 3.8) is 0 Å². The fourth-order valence-electron chi connectivity index (χ4n) is 3.14. The predicted molar refractivity (Wildman–Crippen MR) is 103 cm³/mol. The van der Waals surface area contributed by atoms with E-state index in [1.165, 1.54) is 18.2 Å². The Bertz CT molecular complexity index is 956. The van der Waals surface area contributed by atoms with Crippen molar-refractivity contribution < 1.29 is 4.79 Å². The van der Waals surface area contributed by atoms with Crippen LogP contribution in [0.15, 0.2) is 60.8 Å². The van der Waals surface area contributed by atoms with Gasteiger partial charge in [0.05, 0.1) is 0 Å². The molecule has 1 amide bonds. The lowest BCUT2D eigenvalue weighted by molar-refractivity contribution is -0.114. The molecule has 6 nitrogen and oxygen atoms in total. The molecule has 130 valence electrons. The Hall–Kier alpha value is -3.41. The molecular formula is C20H19N5O. The quantitative estimate of drug-likeness (QED) is 0.751. The largest absolute Gasteiger partial charge is 0.326 e. The van der Waals surface area contributed by atoms with Gasteiger partial charge < -0.3 is 15.5 Å². The summed E-state index contributed by atoms with van der Waals surface area (Å²) in [7, 11) is 0. The maximum Gasteiger partial charge on any atom is 0.229 e. The van der Waals surface area contributed by atoms with Crippen molar-refractivity contribution in [2.24, 2.45) is 0 Å². The number of nitrogens with one attached hydrogen (secondary N) is 2. The number of hydrogen-bond donors (Lipinski definition) is 2. The topological polar surface area (TPSA) is 70.2 Å². The lowest BCUT2D eigenvalue weighted by Crippen LogP contribution is -2.15. The van der Waals surface area contributed by atoms with E-state index in [2.05, 4.69) is 43.7 Å². The van der Waals surface area contributed by atoms with Gasteiger partial charge in [0.2, 0.25) is 11.9 Å². The average molecular weight is 345 g/mol.